The molecule has 0 radical (unpaired) electrons. The lowest BCUT2D eigenvalue weighted by atomic mass is 9.99. The number of fused-ring (bicyclic) bond motifs is 1. The molecule has 3 nitrogen and oxygen atoms in total. The summed E-state index contributed by atoms with van der Waals surface area (Å²) >= 11 is 0. The summed E-state index contributed by atoms with van der Waals surface area (Å²) in [7, 11) is 0. The molecule has 0 amide bonds. The average molecular weight is 245 g/mol. The molecule has 1 aromatic heterocycles. The molecule has 1 atom stereocenters. The topological polar surface area (TPSA) is 36.6 Å². The van der Waals surface area contributed by atoms with Crippen LogP contribution in [0.4, 0.5) is 0 Å². The van der Waals surface area contributed by atoms with Gasteiger partial charge in [0.2, 0.25) is 0 Å². The highest BCUT2D eigenvalue weighted by Crippen LogP contribution is 2.35. The highest BCUT2D eigenvalue weighted by Gasteiger charge is 2.24. The van der Waals surface area contributed by atoms with Crippen molar-refractivity contribution in [2.75, 3.05) is 13.1 Å². The van der Waals surface area contributed by atoms with Gasteiger partial charge in [-0.15, -0.1) is 0 Å². The third kappa shape index (κ3) is 1.89. The average Bonchev–Trinajstić information content (AvgIpc) is 2.99. The van der Waals surface area contributed by atoms with Crippen LogP contribution in [0.25, 0.3) is 11.0 Å². The number of phenols is 1. The molecule has 0 spiro atoms. The van der Waals surface area contributed by atoms with Crippen molar-refractivity contribution in [3.05, 3.63) is 30.0 Å². The Kier molecular flexibility index (Phi) is 3.00. The van der Waals surface area contributed by atoms with E-state index in [2.05, 4.69) is 11.8 Å². The molecular formula is C15H19NO2. The van der Waals surface area contributed by atoms with Gasteiger partial charge in [0.15, 0.2) is 0 Å². The van der Waals surface area contributed by atoms with E-state index in [1.165, 1.54) is 18.4 Å². The predicted molar refractivity (Wildman–Crippen MR) is 71.7 cm³/mol. The first-order valence-corrected chi connectivity index (χ1v) is 6.73. The maximum atomic E-state index is 9.84. The summed E-state index contributed by atoms with van der Waals surface area (Å²) in [6.07, 6.45) is 5.32. The first kappa shape index (κ1) is 11.6. The summed E-state index contributed by atoms with van der Waals surface area (Å²) in [6.45, 7) is 4.53. The molecule has 0 saturated carbocycles. The van der Waals surface area contributed by atoms with Gasteiger partial charge in [0.25, 0.3) is 0 Å². The van der Waals surface area contributed by atoms with Crippen LogP contribution in [-0.4, -0.2) is 23.1 Å². The van der Waals surface area contributed by atoms with Gasteiger partial charge in [-0.1, -0.05) is 6.92 Å². The standard InChI is InChI=1S/C15H19NO2/c1-2-14(16-6-3-4-7-16)13-9-11(17)10-15-12(13)5-8-18-15/h5,8-10,14,17H,2-4,6-7H2,1H3. The van der Waals surface area contributed by atoms with Gasteiger partial charge in [-0.2, -0.15) is 0 Å². The van der Waals surface area contributed by atoms with E-state index in [0.717, 1.165) is 30.5 Å². The van der Waals surface area contributed by atoms with Crippen LogP contribution >= 0.6 is 0 Å². The normalized spacial score (nSPS) is 18.5. The Morgan fingerprint density at radius 1 is 1.33 bits per heavy atom. The number of hydrogen-bond donors (Lipinski definition) is 1. The minimum atomic E-state index is 0.296. The van der Waals surface area contributed by atoms with Crippen molar-refractivity contribution in [3.8, 4) is 5.75 Å². The fraction of sp³-hybridized carbons (Fsp3) is 0.467. The second-order valence-corrected chi connectivity index (χ2v) is 5.03. The van der Waals surface area contributed by atoms with Crippen molar-refractivity contribution in [1.29, 1.82) is 0 Å². The fourth-order valence-electron chi connectivity index (χ4n) is 3.09. The maximum absolute atomic E-state index is 9.84. The smallest absolute Gasteiger partial charge is 0.137 e. The fourth-order valence-corrected chi connectivity index (χ4v) is 3.09. The number of likely N-dealkylation sites (tertiary alicyclic amines) is 1. The lowest BCUT2D eigenvalue weighted by molar-refractivity contribution is 0.240. The maximum Gasteiger partial charge on any atom is 0.137 e. The van der Waals surface area contributed by atoms with E-state index in [-0.39, 0.29) is 0 Å². The van der Waals surface area contributed by atoms with E-state index in [4.69, 9.17) is 4.42 Å². The lowest BCUT2D eigenvalue weighted by Gasteiger charge is -2.27. The molecule has 1 fully saturated rings. The molecule has 2 heterocycles. The molecule has 1 aliphatic rings. The van der Waals surface area contributed by atoms with E-state index >= 15 is 0 Å². The largest absolute Gasteiger partial charge is 0.508 e. The van der Waals surface area contributed by atoms with E-state index in [0.29, 0.717) is 11.8 Å². The summed E-state index contributed by atoms with van der Waals surface area (Å²) < 4.78 is 5.42. The van der Waals surface area contributed by atoms with Crippen molar-refractivity contribution in [2.45, 2.75) is 32.2 Å². The Bertz CT molecular complexity index is 540. The molecule has 1 unspecified atom stereocenters. The lowest BCUT2D eigenvalue weighted by Crippen LogP contribution is -2.25. The van der Waals surface area contributed by atoms with E-state index in [1.807, 2.05) is 12.1 Å². The zero-order valence-corrected chi connectivity index (χ0v) is 10.7. The minimum Gasteiger partial charge on any atom is -0.508 e. The molecule has 0 bridgehead atoms. The summed E-state index contributed by atoms with van der Waals surface area (Å²) in [6, 6.07) is 5.97. The molecule has 0 aliphatic carbocycles. The second-order valence-electron chi connectivity index (χ2n) is 5.03. The van der Waals surface area contributed by atoms with Crippen LogP contribution in [0.1, 0.15) is 37.8 Å². The van der Waals surface area contributed by atoms with Crippen molar-refractivity contribution in [1.82, 2.24) is 4.90 Å². The van der Waals surface area contributed by atoms with Gasteiger partial charge in [-0.05, 0) is 50.0 Å². The predicted octanol–water partition coefficient (Wildman–Crippen LogP) is 3.69. The zero-order chi connectivity index (χ0) is 12.5. The van der Waals surface area contributed by atoms with E-state index in [1.54, 1.807) is 12.3 Å². The molecule has 1 aromatic carbocycles. The zero-order valence-electron chi connectivity index (χ0n) is 10.7. The van der Waals surface area contributed by atoms with Gasteiger partial charge < -0.3 is 9.52 Å². The first-order chi connectivity index (χ1) is 8.79. The number of phenolic OH excluding ortho intramolecular Hbond substituents is 1. The van der Waals surface area contributed by atoms with Crippen molar-refractivity contribution in [2.24, 2.45) is 0 Å². The van der Waals surface area contributed by atoms with Crippen molar-refractivity contribution >= 4 is 11.0 Å². The van der Waals surface area contributed by atoms with Gasteiger partial charge in [0.05, 0.1) is 6.26 Å². The highest BCUT2D eigenvalue weighted by molar-refractivity contribution is 5.83. The quantitative estimate of drug-likeness (QED) is 0.896. The van der Waals surface area contributed by atoms with Crippen molar-refractivity contribution in [3.63, 3.8) is 0 Å². The van der Waals surface area contributed by atoms with E-state index in [9.17, 15) is 5.11 Å². The summed E-state index contributed by atoms with van der Waals surface area (Å²) in [4.78, 5) is 2.52. The van der Waals surface area contributed by atoms with Gasteiger partial charge in [0.1, 0.15) is 11.3 Å². The number of nitrogens with zero attached hydrogens (tertiary/aromatic N) is 1. The molecule has 3 rings (SSSR count). The number of rotatable bonds is 3. The number of furan rings is 1. The molecule has 1 saturated heterocycles. The molecule has 3 heteroatoms. The van der Waals surface area contributed by atoms with E-state index < -0.39 is 0 Å². The van der Waals surface area contributed by atoms with Crippen LogP contribution in [0.5, 0.6) is 5.75 Å². The summed E-state index contributed by atoms with van der Waals surface area (Å²) in [5, 5.41) is 11.0. The number of aromatic hydroxyl groups is 1. The van der Waals surface area contributed by atoms with Crippen LogP contribution in [-0.2, 0) is 0 Å². The monoisotopic (exact) mass is 245 g/mol. The van der Waals surface area contributed by atoms with Gasteiger partial charge in [0, 0.05) is 17.5 Å². The molecule has 1 aliphatic heterocycles. The molecule has 2 aromatic rings. The number of hydrogen-bond acceptors (Lipinski definition) is 3. The first-order valence-electron chi connectivity index (χ1n) is 6.73. The second kappa shape index (κ2) is 4.65. The highest BCUT2D eigenvalue weighted by atomic mass is 16.3. The van der Waals surface area contributed by atoms with Crippen LogP contribution in [0.3, 0.4) is 0 Å². The van der Waals surface area contributed by atoms with Crippen LogP contribution in [0, 0.1) is 0 Å². The minimum absolute atomic E-state index is 0.296. The van der Waals surface area contributed by atoms with Crippen molar-refractivity contribution < 1.29 is 9.52 Å². The van der Waals surface area contributed by atoms with Crippen LogP contribution < -0.4 is 0 Å². The third-order valence-electron chi connectivity index (χ3n) is 3.92. The third-order valence-corrected chi connectivity index (χ3v) is 3.92. The molecule has 18 heavy (non-hydrogen) atoms. The molecular weight excluding hydrogens is 226 g/mol. The SMILES string of the molecule is CCC(c1cc(O)cc2occc12)N1CCCC1. The molecule has 1 N–H and O–H groups in total. The summed E-state index contributed by atoms with van der Waals surface area (Å²) in [5.41, 5.74) is 1.98. The van der Waals surface area contributed by atoms with Gasteiger partial charge in [-0.3, -0.25) is 4.90 Å². The van der Waals surface area contributed by atoms with Crippen LogP contribution in [0.15, 0.2) is 28.9 Å². The Morgan fingerprint density at radius 2 is 2.11 bits per heavy atom. The Hall–Kier alpha value is -1.48. The molecule has 96 valence electrons. The Balaban J connectivity index is 2.07. The number of benzene rings is 1. The Labute approximate surface area is 107 Å². The van der Waals surface area contributed by atoms with Gasteiger partial charge in [-0.25, -0.2) is 0 Å². The van der Waals surface area contributed by atoms with Crippen LogP contribution in [0.2, 0.25) is 0 Å². The van der Waals surface area contributed by atoms with Gasteiger partial charge >= 0.3 is 0 Å². The summed E-state index contributed by atoms with van der Waals surface area (Å²) in [5.74, 6) is 0.296. The Morgan fingerprint density at radius 3 is 2.83 bits per heavy atom.